The first-order valence-electron chi connectivity index (χ1n) is 31.4. The molecule has 2 bridgehead atoms. The zero-order chi connectivity index (χ0) is 62.3. The standard InChI is InChI=1S/C67H79ClF3N11O7/c1-63(2,3)89-62(87)76-66(26-32-79(33-27-66)57-53-18-28-72-56(53)73-44-74-57)60(85)75-55(47-14-16-49(68)17-15-47)21-29-77-34-40-82(41-35-77)61(86)64-22-24-65(25-23-64,88-43-64)42-78-36-38-81(39-37-78)58(83)48-12-10-45(11-13-48)46-19-30-80(31-20-46)59(84)52-8-4-7-51-50(52)6-5-9-54(51)67(69,70)71/h4-18,28,44,46,55H,19-27,29-43H2,1-3H3,(H,75,85)(H,76,87)(H,72,73,74)/t55-,64?,65?/m0/s1. The Morgan fingerprint density at radius 3 is 2.02 bits per heavy atom. The highest BCUT2D eigenvalue weighted by Crippen LogP contribution is 2.50. The summed E-state index contributed by atoms with van der Waals surface area (Å²) in [4.78, 5) is 94.9. The fourth-order valence-electron chi connectivity index (χ4n) is 14.4. The summed E-state index contributed by atoms with van der Waals surface area (Å²) in [5, 5.41) is 8.15. The number of aromatic amines is 1. The van der Waals surface area contributed by atoms with Crippen molar-refractivity contribution in [3.8, 4) is 0 Å². The number of nitrogens with zero attached hydrogens (tertiary/aromatic N) is 8. The maximum Gasteiger partial charge on any atom is 0.417 e. The molecule has 3 N–H and O–H groups in total. The lowest BCUT2D eigenvalue weighted by Crippen LogP contribution is -2.64. The molecule has 1 aliphatic carbocycles. The highest BCUT2D eigenvalue weighted by Gasteiger charge is 2.55. The van der Waals surface area contributed by atoms with Crippen molar-refractivity contribution in [3.05, 3.63) is 136 Å². The first-order chi connectivity index (χ1) is 42.7. The predicted octanol–water partition coefficient (Wildman–Crippen LogP) is 9.85. The average molecular weight is 1240 g/mol. The van der Waals surface area contributed by atoms with Crippen LogP contribution in [0.3, 0.4) is 0 Å². The lowest BCUT2D eigenvalue weighted by Gasteiger charge is -2.55. The highest BCUT2D eigenvalue weighted by atomic mass is 35.5. The van der Waals surface area contributed by atoms with Crippen LogP contribution in [0.25, 0.3) is 21.8 Å². The summed E-state index contributed by atoms with van der Waals surface area (Å²) >= 11 is 6.37. The van der Waals surface area contributed by atoms with Crippen LogP contribution in [0.1, 0.15) is 128 Å². The van der Waals surface area contributed by atoms with Gasteiger partial charge in [-0.2, -0.15) is 13.2 Å². The summed E-state index contributed by atoms with van der Waals surface area (Å²) in [6.07, 6.45) is 3.94. The van der Waals surface area contributed by atoms with Crippen LogP contribution in [0.15, 0.2) is 104 Å². The van der Waals surface area contributed by atoms with E-state index < -0.39 is 40.4 Å². The second-order valence-electron chi connectivity index (χ2n) is 26.3. The number of H-pyrrole nitrogens is 1. The number of likely N-dealkylation sites (tertiary alicyclic amines) is 1. The first kappa shape index (κ1) is 61.9. The monoisotopic (exact) mass is 1240 g/mol. The second kappa shape index (κ2) is 25.2. The number of piperidine rings is 2. The number of anilines is 1. The SMILES string of the molecule is CC(C)(C)OC(=O)NC1(C(=O)N[C@@H](CCN2CCN(C(=O)C34CCC(CN5CCN(C(=O)c6ccc(C7CCN(C(=O)c8cccc9c(C(F)(F)F)cccc89)CC7)cc6)CC5)(CC3)OC4)CC2)c2ccc(Cl)cc2)CCN(c2ncnc3[nH]ccc23)CC1. The third kappa shape index (κ3) is 13.3. The van der Waals surface area contributed by atoms with Gasteiger partial charge in [-0.1, -0.05) is 60.1 Å². The van der Waals surface area contributed by atoms with Gasteiger partial charge in [-0.25, -0.2) is 14.8 Å². The first-order valence-corrected chi connectivity index (χ1v) is 31.8. The minimum Gasteiger partial charge on any atom is -0.444 e. The van der Waals surface area contributed by atoms with Crippen LogP contribution >= 0.6 is 11.6 Å². The number of ether oxygens (including phenoxy) is 2. The van der Waals surface area contributed by atoms with Gasteiger partial charge in [-0.15, -0.1) is 0 Å². The summed E-state index contributed by atoms with van der Waals surface area (Å²) in [5.41, 5.74) is -0.0463. The van der Waals surface area contributed by atoms with E-state index in [1.165, 1.54) is 24.5 Å². The van der Waals surface area contributed by atoms with E-state index in [0.29, 0.717) is 127 Å². The van der Waals surface area contributed by atoms with E-state index >= 15 is 0 Å². The molecule has 4 aromatic carbocycles. The third-order valence-corrected chi connectivity index (χ3v) is 19.9. The predicted molar refractivity (Wildman–Crippen MR) is 333 cm³/mol. The number of nitrogens with one attached hydrogen (secondary N) is 3. The Hall–Kier alpha value is -7.33. The highest BCUT2D eigenvalue weighted by molar-refractivity contribution is 6.30. The van der Waals surface area contributed by atoms with Crippen LogP contribution in [0, 0.1) is 5.41 Å². The summed E-state index contributed by atoms with van der Waals surface area (Å²) in [6.45, 7) is 14.3. The fraction of sp³-hybridized carbons (Fsp3) is 0.507. The number of halogens is 4. The number of hydrogen-bond donors (Lipinski definition) is 3. The van der Waals surface area contributed by atoms with Crippen molar-refractivity contribution in [1.82, 2.24) is 50.1 Å². The molecule has 0 radical (unpaired) electrons. The van der Waals surface area contributed by atoms with E-state index in [0.717, 1.165) is 79.4 Å². The van der Waals surface area contributed by atoms with Gasteiger partial charge in [0.05, 0.1) is 34.6 Å². The Bertz CT molecular complexity index is 3540. The quantitative estimate of drug-likeness (QED) is 0.0938. The maximum absolute atomic E-state index is 14.8. The Labute approximate surface area is 521 Å². The van der Waals surface area contributed by atoms with Gasteiger partial charge in [-0.05, 0) is 149 Å². The topological polar surface area (TPSA) is 189 Å². The molecule has 472 valence electrons. The van der Waals surface area contributed by atoms with E-state index in [2.05, 4.69) is 40.3 Å². The third-order valence-electron chi connectivity index (χ3n) is 19.7. The molecule has 0 unspecified atom stereocenters. The smallest absolute Gasteiger partial charge is 0.417 e. The minimum atomic E-state index is -4.53. The Morgan fingerprint density at radius 1 is 0.708 bits per heavy atom. The van der Waals surface area contributed by atoms with E-state index in [-0.39, 0.29) is 46.1 Å². The maximum atomic E-state index is 14.8. The summed E-state index contributed by atoms with van der Waals surface area (Å²) in [6, 6.07) is 25.3. The Balaban J connectivity index is 0.591. The molecule has 13 rings (SSSR count). The van der Waals surface area contributed by atoms with Gasteiger partial charge in [0, 0.05) is 114 Å². The van der Waals surface area contributed by atoms with Gasteiger partial charge in [0.15, 0.2) is 0 Å². The number of rotatable bonds is 14. The van der Waals surface area contributed by atoms with E-state index in [4.69, 9.17) is 21.1 Å². The molecule has 7 aliphatic rings. The summed E-state index contributed by atoms with van der Waals surface area (Å²) < 4.78 is 53.8. The van der Waals surface area contributed by atoms with E-state index in [1.807, 2.05) is 70.6 Å². The number of amides is 5. The van der Waals surface area contributed by atoms with Gasteiger partial charge in [0.25, 0.3) is 11.8 Å². The lowest BCUT2D eigenvalue weighted by molar-refractivity contribution is -0.203. The van der Waals surface area contributed by atoms with Crippen LogP contribution < -0.4 is 15.5 Å². The van der Waals surface area contributed by atoms with Crippen molar-refractivity contribution in [1.29, 1.82) is 0 Å². The van der Waals surface area contributed by atoms with Crippen LogP contribution in [0.4, 0.5) is 23.8 Å². The van der Waals surface area contributed by atoms with Crippen LogP contribution in [0.2, 0.25) is 5.02 Å². The molecule has 2 aromatic heterocycles. The lowest BCUT2D eigenvalue weighted by atomic mass is 9.65. The number of carbonyl (C=O) groups is 5. The van der Waals surface area contributed by atoms with Gasteiger partial charge in [0.2, 0.25) is 11.8 Å². The molecular formula is C67H79ClF3N11O7. The largest absolute Gasteiger partial charge is 0.444 e. The number of hydrogen-bond acceptors (Lipinski definition) is 12. The van der Waals surface area contributed by atoms with Crippen molar-refractivity contribution in [2.75, 3.05) is 103 Å². The zero-order valence-electron chi connectivity index (χ0n) is 50.9. The number of aromatic nitrogens is 3. The molecule has 89 heavy (non-hydrogen) atoms. The molecule has 6 aliphatic heterocycles. The van der Waals surface area contributed by atoms with Gasteiger partial charge in [-0.3, -0.25) is 29.0 Å². The molecule has 7 fully saturated rings. The zero-order valence-corrected chi connectivity index (χ0v) is 51.6. The molecule has 8 heterocycles. The number of fused-ring (bicyclic) bond motifs is 5. The Morgan fingerprint density at radius 2 is 1.36 bits per heavy atom. The molecule has 1 saturated carbocycles. The van der Waals surface area contributed by atoms with Gasteiger partial charge in [0.1, 0.15) is 28.9 Å². The number of carbonyl (C=O) groups excluding carboxylic acids is 5. The molecule has 0 spiro atoms. The van der Waals surface area contributed by atoms with Crippen molar-refractivity contribution in [3.63, 3.8) is 0 Å². The van der Waals surface area contributed by atoms with Crippen LogP contribution in [-0.4, -0.2) is 184 Å². The summed E-state index contributed by atoms with van der Waals surface area (Å²) in [7, 11) is 0. The number of alkyl halides is 3. The van der Waals surface area contributed by atoms with Crippen molar-refractivity contribution in [2.45, 2.75) is 113 Å². The number of alkyl carbamates (subject to hydrolysis) is 1. The normalized spacial score (nSPS) is 22.5. The summed E-state index contributed by atoms with van der Waals surface area (Å²) in [5.74, 6) is 0.550. The molecule has 18 nitrogen and oxygen atoms in total. The molecule has 6 saturated heterocycles. The van der Waals surface area contributed by atoms with E-state index in [1.54, 1.807) is 37.8 Å². The van der Waals surface area contributed by atoms with Gasteiger partial charge < -0.3 is 44.7 Å². The van der Waals surface area contributed by atoms with Crippen molar-refractivity contribution in [2.24, 2.45) is 5.41 Å². The second-order valence-corrected chi connectivity index (χ2v) is 26.8. The molecular weight excluding hydrogens is 1160 g/mol. The molecule has 1 atom stereocenters. The van der Waals surface area contributed by atoms with Crippen molar-refractivity contribution >= 4 is 68.9 Å². The molecule has 22 heteroatoms. The fourth-order valence-corrected chi connectivity index (χ4v) is 14.6. The van der Waals surface area contributed by atoms with Crippen LogP contribution in [-0.2, 0) is 25.2 Å². The molecule has 6 aromatic rings. The Kier molecular flexibility index (Phi) is 17.5. The van der Waals surface area contributed by atoms with Crippen LogP contribution in [0.5, 0.6) is 0 Å². The number of benzene rings is 4. The van der Waals surface area contributed by atoms with E-state index in [9.17, 15) is 37.1 Å². The van der Waals surface area contributed by atoms with Gasteiger partial charge >= 0.3 is 12.3 Å². The number of piperazine rings is 2. The minimum absolute atomic E-state index is 0.00807. The molecule has 5 amide bonds. The van der Waals surface area contributed by atoms with Crippen molar-refractivity contribution < 1.29 is 46.6 Å². The average Bonchev–Trinajstić information content (AvgIpc) is 1.12.